The number of ether oxygens (including phenoxy) is 1. The normalized spacial score (nSPS) is 27.6. The lowest BCUT2D eigenvalue weighted by atomic mass is 9.82. The summed E-state index contributed by atoms with van der Waals surface area (Å²) >= 11 is 0. The Kier molecular flexibility index (Phi) is 7.46. The molecular weight excluding hydrogens is 479 g/mol. The summed E-state index contributed by atoms with van der Waals surface area (Å²) in [5, 5.41) is 3.06. The molecule has 1 unspecified atom stereocenters. The van der Waals surface area contributed by atoms with Crippen LogP contribution in [0.1, 0.15) is 54.5 Å². The summed E-state index contributed by atoms with van der Waals surface area (Å²) in [6.45, 7) is 3.84. The van der Waals surface area contributed by atoms with Crippen molar-refractivity contribution >= 4 is 10.0 Å². The van der Waals surface area contributed by atoms with E-state index in [2.05, 4.69) is 16.2 Å². The molecule has 0 bridgehead atoms. The van der Waals surface area contributed by atoms with Gasteiger partial charge in [-0.05, 0) is 55.9 Å². The molecule has 3 atom stereocenters. The highest BCUT2D eigenvalue weighted by Crippen LogP contribution is 2.39. The molecular formula is C27H35FN4O3S. The smallest absolute Gasteiger partial charge is 0.221 e. The van der Waals surface area contributed by atoms with Gasteiger partial charge in [0, 0.05) is 49.6 Å². The van der Waals surface area contributed by atoms with Gasteiger partial charge in [-0.2, -0.15) is 4.31 Å². The monoisotopic (exact) mass is 514 g/mol. The van der Waals surface area contributed by atoms with Crippen molar-refractivity contribution in [2.24, 2.45) is 0 Å². The molecule has 0 amide bonds. The molecule has 194 valence electrons. The summed E-state index contributed by atoms with van der Waals surface area (Å²) in [5.41, 5.74) is 7.82. The van der Waals surface area contributed by atoms with Crippen LogP contribution in [0.25, 0.3) is 0 Å². The average Bonchev–Trinajstić information content (AvgIpc) is 3.41. The molecule has 0 saturated carbocycles. The standard InChI is InChI=1S/C27H35FN4O3S/c1-20-7-10-26(21-5-3-2-4-6-21)36(33,34)32(20)19-22-8-9-23(17-25(22)28)27(12-15-35-16-13-27)29-18-24-11-14-30-31-24/h2-6,8-9,11,14,17,20,24,26,29-31H,7,10,12-13,15-16,18-19H2,1H3/t20-,24?,26+/m0/s1. The molecule has 0 radical (unpaired) electrons. The Morgan fingerprint density at radius 2 is 1.92 bits per heavy atom. The van der Waals surface area contributed by atoms with Crippen LogP contribution in [0, 0.1) is 5.82 Å². The quantitative estimate of drug-likeness (QED) is 0.525. The van der Waals surface area contributed by atoms with E-state index < -0.39 is 20.8 Å². The lowest BCUT2D eigenvalue weighted by Crippen LogP contribution is -2.51. The van der Waals surface area contributed by atoms with E-state index >= 15 is 4.39 Å². The van der Waals surface area contributed by atoms with Crippen LogP contribution in [-0.2, 0) is 26.8 Å². The Morgan fingerprint density at radius 1 is 1.14 bits per heavy atom. The van der Waals surface area contributed by atoms with Crippen LogP contribution in [0.3, 0.4) is 0 Å². The zero-order valence-corrected chi connectivity index (χ0v) is 21.4. The molecule has 2 aromatic rings. The van der Waals surface area contributed by atoms with Gasteiger partial charge < -0.3 is 15.5 Å². The van der Waals surface area contributed by atoms with E-state index in [1.165, 1.54) is 4.31 Å². The van der Waals surface area contributed by atoms with Crippen LogP contribution in [0.15, 0.2) is 60.8 Å². The van der Waals surface area contributed by atoms with Gasteiger partial charge in [0.2, 0.25) is 10.0 Å². The number of nitrogens with zero attached hydrogens (tertiary/aromatic N) is 1. The predicted molar refractivity (Wildman–Crippen MR) is 138 cm³/mol. The van der Waals surface area contributed by atoms with Crippen molar-refractivity contribution in [2.45, 2.75) is 62.0 Å². The zero-order chi connectivity index (χ0) is 25.2. The average molecular weight is 515 g/mol. The van der Waals surface area contributed by atoms with Crippen LogP contribution in [0.4, 0.5) is 4.39 Å². The first-order valence-corrected chi connectivity index (χ1v) is 14.2. The topological polar surface area (TPSA) is 82.7 Å². The van der Waals surface area contributed by atoms with Gasteiger partial charge >= 0.3 is 0 Å². The van der Waals surface area contributed by atoms with Crippen molar-refractivity contribution in [2.75, 3.05) is 19.8 Å². The second-order valence-corrected chi connectivity index (χ2v) is 12.1. The summed E-state index contributed by atoms with van der Waals surface area (Å²) < 4.78 is 49.8. The van der Waals surface area contributed by atoms with Gasteiger partial charge in [-0.3, -0.25) is 0 Å². The number of hydrazine groups is 1. The van der Waals surface area contributed by atoms with Crippen molar-refractivity contribution in [3.05, 3.63) is 83.3 Å². The van der Waals surface area contributed by atoms with Gasteiger partial charge in [0.05, 0.1) is 6.04 Å². The van der Waals surface area contributed by atoms with Gasteiger partial charge in [0.15, 0.2) is 0 Å². The molecule has 36 heavy (non-hydrogen) atoms. The number of halogens is 1. The number of hydrogen-bond donors (Lipinski definition) is 3. The minimum absolute atomic E-state index is 0.0327. The Bertz CT molecular complexity index is 1180. The van der Waals surface area contributed by atoms with Crippen LogP contribution < -0.4 is 16.2 Å². The molecule has 0 aromatic heterocycles. The molecule has 0 spiro atoms. The predicted octanol–water partition coefficient (Wildman–Crippen LogP) is 3.47. The Balaban J connectivity index is 1.37. The third-order valence-corrected chi connectivity index (χ3v) is 10.2. The molecule has 2 fully saturated rings. The van der Waals surface area contributed by atoms with Crippen molar-refractivity contribution < 1.29 is 17.5 Å². The number of sulfonamides is 1. The molecule has 3 heterocycles. The maximum absolute atomic E-state index is 15.6. The fourth-order valence-electron chi connectivity index (χ4n) is 5.57. The molecule has 2 saturated heterocycles. The lowest BCUT2D eigenvalue weighted by molar-refractivity contribution is 0.0360. The van der Waals surface area contributed by atoms with E-state index in [9.17, 15) is 8.42 Å². The fourth-order valence-corrected chi connectivity index (χ4v) is 7.76. The second kappa shape index (κ2) is 10.6. The third-order valence-electron chi connectivity index (χ3n) is 7.82. The van der Waals surface area contributed by atoms with E-state index in [4.69, 9.17) is 4.74 Å². The summed E-state index contributed by atoms with van der Waals surface area (Å²) in [7, 11) is -3.62. The van der Waals surface area contributed by atoms with Crippen molar-refractivity contribution in [1.29, 1.82) is 0 Å². The summed E-state index contributed by atoms with van der Waals surface area (Å²) in [6, 6.07) is 14.6. The first kappa shape index (κ1) is 25.4. The van der Waals surface area contributed by atoms with Crippen LogP contribution in [-0.4, -0.2) is 44.6 Å². The highest BCUT2D eigenvalue weighted by molar-refractivity contribution is 7.89. The van der Waals surface area contributed by atoms with E-state index in [1.807, 2.05) is 55.6 Å². The first-order valence-electron chi connectivity index (χ1n) is 12.7. The Morgan fingerprint density at radius 3 is 2.61 bits per heavy atom. The van der Waals surface area contributed by atoms with E-state index in [0.29, 0.717) is 31.7 Å². The highest BCUT2D eigenvalue weighted by Gasteiger charge is 2.41. The van der Waals surface area contributed by atoms with Gasteiger partial charge in [0.25, 0.3) is 0 Å². The van der Waals surface area contributed by atoms with Crippen molar-refractivity contribution in [3.63, 3.8) is 0 Å². The minimum Gasteiger partial charge on any atom is -0.381 e. The molecule has 3 aliphatic rings. The summed E-state index contributed by atoms with van der Waals surface area (Å²) in [6.07, 6.45) is 6.71. The highest BCUT2D eigenvalue weighted by atomic mass is 32.2. The zero-order valence-electron chi connectivity index (χ0n) is 20.6. The van der Waals surface area contributed by atoms with Gasteiger partial charge in [-0.25, -0.2) is 18.2 Å². The van der Waals surface area contributed by atoms with E-state index in [1.54, 1.807) is 12.1 Å². The van der Waals surface area contributed by atoms with Crippen molar-refractivity contribution in [1.82, 2.24) is 20.5 Å². The van der Waals surface area contributed by atoms with Crippen LogP contribution in [0.2, 0.25) is 0 Å². The third kappa shape index (κ3) is 5.08. The summed E-state index contributed by atoms with van der Waals surface area (Å²) in [4.78, 5) is 0. The largest absolute Gasteiger partial charge is 0.381 e. The molecule has 2 aromatic carbocycles. The SMILES string of the molecule is C[C@H]1CC[C@H](c2ccccc2)S(=O)(=O)N1Cc1ccc(C2(NCC3C=CNN3)CCOCC2)cc1F. The molecule has 3 N–H and O–H groups in total. The molecule has 3 aliphatic heterocycles. The number of rotatable bonds is 7. The molecule has 9 heteroatoms. The van der Waals surface area contributed by atoms with E-state index in [-0.39, 0.29) is 24.4 Å². The minimum atomic E-state index is -3.62. The van der Waals surface area contributed by atoms with E-state index in [0.717, 1.165) is 30.4 Å². The Hall–Kier alpha value is -2.30. The first-order chi connectivity index (χ1) is 17.4. The van der Waals surface area contributed by atoms with Gasteiger partial charge in [-0.1, -0.05) is 42.5 Å². The fraction of sp³-hybridized carbons (Fsp3) is 0.481. The molecule has 7 nitrogen and oxygen atoms in total. The lowest BCUT2D eigenvalue weighted by Gasteiger charge is -2.40. The number of benzene rings is 2. The second-order valence-electron chi connectivity index (χ2n) is 10.1. The maximum Gasteiger partial charge on any atom is 0.221 e. The molecule has 0 aliphatic carbocycles. The number of hydrogen-bond acceptors (Lipinski definition) is 6. The number of nitrogens with one attached hydrogen (secondary N) is 3. The van der Waals surface area contributed by atoms with Crippen LogP contribution >= 0.6 is 0 Å². The molecule has 5 rings (SSSR count). The Labute approximate surface area is 213 Å². The summed E-state index contributed by atoms with van der Waals surface area (Å²) in [5.74, 6) is -0.370. The maximum atomic E-state index is 15.6. The van der Waals surface area contributed by atoms with Gasteiger partial charge in [0.1, 0.15) is 11.1 Å². The van der Waals surface area contributed by atoms with Crippen LogP contribution in [0.5, 0.6) is 0 Å². The van der Waals surface area contributed by atoms with Crippen molar-refractivity contribution in [3.8, 4) is 0 Å². The van der Waals surface area contributed by atoms with Gasteiger partial charge in [-0.15, -0.1) is 0 Å².